The molecule has 1 amide bonds. The highest BCUT2D eigenvalue weighted by Gasteiger charge is 2.35. The molecule has 0 spiro atoms. The van der Waals surface area contributed by atoms with E-state index in [1.807, 2.05) is 6.92 Å². The zero-order valence-electron chi connectivity index (χ0n) is 15.4. The zero-order chi connectivity index (χ0) is 18.6. The second-order valence-corrected chi connectivity index (χ2v) is 10.5. The predicted octanol–water partition coefficient (Wildman–Crippen LogP) is 0.865. The van der Waals surface area contributed by atoms with Crippen LogP contribution in [0.4, 0.5) is 0 Å². The van der Waals surface area contributed by atoms with E-state index in [1.165, 1.54) is 41.9 Å². The fourth-order valence-corrected chi connectivity index (χ4v) is 6.51. The van der Waals surface area contributed by atoms with Crippen LogP contribution in [0, 0.1) is 0 Å². The Morgan fingerprint density at radius 3 is 2.46 bits per heavy atom. The molecule has 2 N–H and O–H groups in total. The van der Waals surface area contributed by atoms with Crippen molar-refractivity contribution >= 4 is 27.3 Å². The Morgan fingerprint density at radius 1 is 1.23 bits per heavy atom. The van der Waals surface area contributed by atoms with Gasteiger partial charge in [-0.25, -0.2) is 8.42 Å². The number of quaternary nitrogens is 1. The SMILES string of the molecule is C[C@@H](C(=O)NC1CCCCCC1)[NH+]1CCN(S(=O)(=O)c2cccs2)CC1. The molecule has 2 fully saturated rings. The number of nitrogens with one attached hydrogen (secondary N) is 2. The molecule has 1 aromatic rings. The number of rotatable bonds is 5. The quantitative estimate of drug-likeness (QED) is 0.721. The van der Waals surface area contributed by atoms with Gasteiger partial charge in [0.1, 0.15) is 4.21 Å². The van der Waals surface area contributed by atoms with E-state index < -0.39 is 10.0 Å². The molecule has 1 aliphatic carbocycles. The average Bonchev–Trinajstić information content (AvgIpc) is 3.08. The number of carbonyl (C=O) groups excluding carboxylic acids is 1. The number of piperazine rings is 1. The molecule has 1 atom stereocenters. The normalized spacial score (nSPS) is 22.7. The molecule has 2 aliphatic rings. The fraction of sp³-hybridized carbons (Fsp3) is 0.722. The minimum absolute atomic E-state index is 0.112. The number of hydrogen-bond acceptors (Lipinski definition) is 4. The number of carbonyl (C=O) groups is 1. The molecule has 3 rings (SSSR count). The van der Waals surface area contributed by atoms with Crippen molar-refractivity contribution in [2.75, 3.05) is 26.2 Å². The molecule has 1 saturated carbocycles. The first-order valence-electron chi connectivity index (χ1n) is 9.67. The monoisotopic (exact) mass is 400 g/mol. The second kappa shape index (κ2) is 8.82. The van der Waals surface area contributed by atoms with Crippen molar-refractivity contribution in [2.24, 2.45) is 0 Å². The van der Waals surface area contributed by atoms with Crippen LogP contribution in [0.1, 0.15) is 45.4 Å². The molecular weight excluding hydrogens is 370 g/mol. The first-order valence-corrected chi connectivity index (χ1v) is 12.0. The van der Waals surface area contributed by atoms with E-state index in [9.17, 15) is 13.2 Å². The lowest BCUT2D eigenvalue weighted by Crippen LogP contribution is -3.19. The molecule has 0 aromatic carbocycles. The molecule has 2 heterocycles. The third kappa shape index (κ3) is 4.65. The van der Waals surface area contributed by atoms with Crippen molar-refractivity contribution in [1.82, 2.24) is 9.62 Å². The molecule has 146 valence electrons. The smallest absolute Gasteiger partial charge is 0.278 e. The van der Waals surface area contributed by atoms with Crippen molar-refractivity contribution in [3.8, 4) is 0 Å². The lowest BCUT2D eigenvalue weighted by atomic mass is 10.1. The summed E-state index contributed by atoms with van der Waals surface area (Å²) in [5.41, 5.74) is 0. The first kappa shape index (κ1) is 19.8. The lowest BCUT2D eigenvalue weighted by molar-refractivity contribution is -0.917. The highest BCUT2D eigenvalue weighted by Crippen LogP contribution is 2.20. The van der Waals surface area contributed by atoms with E-state index in [4.69, 9.17) is 0 Å². The molecule has 26 heavy (non-hydrogen) atoms. The van der Waals surface area contributed by atoms with Crippen LogP contribution in [0.2, 0.25) is 0 Å². The van der Waals surface area contributed by atoms with Crippen LogP contribution in [0.5, 0.6) is 0 Å². The Hall–Kier alpha value is -0.960. The Bertz CT molecular complexity index is 675. The van der Waals surface area contributed by atoms with Gasteiger partial charge < -0.3 is 10.2 Å². The van der Waals surface area contributed by atoms with Gasteiger partial charge in [0, 0.05) is 6.04 Å². The summed E-state index contributed by atoms with van der Waals surface area (Å²) in [5.74, 6) is 0.112. The predicted molar refractivity (Wildman–Crippen MR) is 103 cm³/mol. The molecule has 1 aromatic heterocycles. The van der Waals surface area contributed by atoms with E-state index in [-0.39, 0.29) is 11.9 Å². The Balaban J connectivity index is 1.51. The summed E-state index contributed by atoms with van der Waals surface area (Å²) in [4.78, 5) is 13.8. The van der Waals surface area contributed by atoms with Gasteiger partial charge >= 0.3 is 0 Å². The van der Waals surface area contributed by atoms with Gasteiger partial charge in [-0.3, -0.25) is 4.79 Å². The minimum Gasteiger partial charge on any atom is -0.348 e. The highest BCUT2D eigenvalue weighted by molar-refractivity contribution is 7.91. The van der Waals surface area contributed by atoms with Crippen molar-refractivity contribution in [2.45, 2.75) is 61.7 Å². The van der Waals surface area contributed by atoms with Gasteiger partial charge in [-0.2, -0.15) is 4.31 Å². The molecule has 1 saturated heterocycles. The van der Waals surface area contributed by atoms with Crippen molar-refractivity contribution in [3.63, 3.8) is 0 Å². The van der Waals surface area contributed by atoms with E-state index in [2.05, 4.69) is 5.32 Å². The zero-order valence-corrected chi connectivity index (χ0v) is 17.1. The topological polar surface area (TPSA) is 70.9 Å². The molecule has 0 radical (unpaired) electrons. The maximum atomic E-state index is 12.6. The summed E-state index contributed by atoms with van der Waals surface area (Å²) >= 11 is 1.26. The Kier molecular flexibility index (Phi) is 6.71. The maximum absolute atomic E-state index is 12.6. The van der Waals surface area contributed by atoms with Crippen molar-refractivity contribution in [3.05, 3.63) is 17.5 Å². The van der Waals surface area contributed by atoms with Gasteiger partial charge in [-0.15, -0.1) is 11.3 Å². The minimum atomic E-state index is -3.38. The summed E-state index contributed by atoms with van der Waals surface area (Å²) < 4.78 is 27.2. The number of nitrogens with zero attached hydrogens (tertiary/aromatic N) is 1. The third-order valence-electron chi connectivity index (χ3n) is 5.66. The van der Waals surface area contributed by atoms with E-state index in [0.717, 1.165) is 12.8 Å². The number of sulfonamides is 1. The van der Waals surface area contributed by atoms with Crippen LogP contribution in [0.3, 0.4) is 0 Å². The van der Waals surface area contributed by atoms with Gasteiger partial charge in [0.25, 0.3) is 15.9 Å². The van der Waals surface area contributed by atoms with E-state index >= 15 is 0 Å². The number of hydrogen-bond donors (Lipinski definition) is 2. The van der Waals surface area contributed by atoms with Gasteiger partial charge in [-0.05, 0) is 31.2 Å². The van der Waals surface area contributed by atoms with Crippen LogP contribution < -0.4 is 10.2 Å². The first-order chi connectivity index (χ1) is 12.5. The summed E-state index contributed by atoms with van der Waals surface area (Å²) in [6.07, 6.45) is 7.11. The van der Waals surface area contributed by atoms with E-state index in [1.54, 1.807) is 21.8 Å². The van der Waals surface area contributed by atoms with Crippen LogP contribution in [0.25, 0.3) is 0 Å². The third-order valence-corrected chi connectivity index (χ3v) is 8.93. The molecule has 0 bridgehead atoms. The van der Waals surface area contributed by atoms with Gasteiger partial charge in [0.05, 0.1) is 26.2 Å². The van der Waals surface area contributed by atoms with Gasteiger partial charge in [0.15, 0.2) is 6.04 Å². The standard InChI is InChI=1S/C18H29N3O3S2/c1-15(18(22)19-16-7-4-2-3-5-8-16)20-10-12-21(13-11-20)26(23,24)17-9-6-14-25-17/h6,9,14-16H,2-5,7-8,10-13H2,1H3,(H,19,22)/p+1/t15-/m0/s1. The molecule has 0 unspecified atom stereocenters. The second-order valence-electron chi connectivity index (χ2n) is 7.41. The summed E-state index contributed by atoms with van der Waals surface area (Å²) in [5, 5.41) is 5.02. The number of thiophene rings is 1. The average molecular weight is 401 g/mol. The summed E-state index contributed by atoms with van der Waals surface area (Å²) in [6, 6.07) is 3.60. The summed E-state index contributed by atoms with van der Waals surface area (Å²) in [7, 11) is -3.38. The molecule has 6 nitrogen and oxygen atoms in total. The van der Waals surface area contributed by atoms with Crippen molar-refractivity contribution < 1.29 is 18.1 Å². The fourth-order valence-electron chi connectivity index (χ4n) is 3.92. The lowest BCUT2D eigenvalue weighted by Gasteiger charge is -2.34. The van der Waals surface area contributed by atoms with Crippen LogP contribution in [0.15, 0.2) is 21.7 Å². The largest absolute Gasteiger partial charge is 0.348 e. The van der Waals surface area contributed by atoms with Gasteiger partial charge in [-0.1, -0.05) is 31.7 Å². The molecular formula is C18H30N3O3S2+. The van der Waals surface area contributed by atoms with Gasteiger partial charge in [0.2, 0.25) is 0 Å². The molecule has 8 heteroatoms. The Morgan fingerprint density at radius 2 is 1.88 bits per heavy atom. The molecule has 1 aliphatic heterocycles. The number of amides is 1. The summed E-state index contributed by atoms with van der Waals surface area (Å²) in [6.45, 7) is 4.24. The highest BCUT2D eigenvalue weighted by atomic mass is 32.2. The van der Waals surface area contributed by atoms with Crippen LogP contribution >= 0.6 is 11.3 Å². The Labute approximate surface area is 160 Å². The van der Waals surface area contributed by atoms with Crippen molar-refractivity contribution in [1.29, 1.82) is 0 Å². The maximum Gasteiger partial charge on any atom is 0.278 e. The van der Waals surface area contributed by atoms with E-state index in [0.29, 0.717) is 36.4 Å². The van der Waals surface area contributed by atoms with Crippen LogP contribution in [-0.2, 0) is 14.8 Å². The van der Waals surface area contributed by atoms with Crippen LogP contribution in [-0.4, -0.2) is 56.9 Å².